The largest absolute Gasteiger partial charge is 0.393 e. The summed E-state index contributed by atoms with van der Waals surface area (Å²) in [5.74, 6) is -2.43. The normalized spacial score (nSPS) is 24.1. The Morgan fingerprint density at radius 3 is 2.56 bits per heavy atom. The number of rotatable bonds is 1. The van der Waals surface area contributed by atoms with Crippen molar-refractivity contribution in [2.45, 2.75) is 19.4 Å². The molecule has 1 aliphatic rings. The van der Waals surface area contributed by atoms with Crippen molar-refractivity contribution in [2.24, 2.45) is 5.92 Å². The number of carbonyl (C=O) groups is 1. The Labute approximate surface area is 104 Å². The first-order valence-corrected chi connectivity index (χ1v) is 5.92. The van der Waals surface area contributed by atoms with Gasteiger partial charge in [-0.05, 0) is 24.5 Å². The number of aliphatic hydroxyl groups excluding tert-OH is 1. The van der Waals surface area contributed by atoms with E-state index < -0.39 is 29.2 Å². The molecular weight excluding hydrogens is 240 g/mol. The Kier molecular flexibility index (Phi) is 3.61. The molecule has 1 aromatic carbocycles. The average Bonchev–Trinajstić information content (AvgIpc) is 2.32. The van der Waals surface area contributed by atoms with Gasteiger partial charge in [-0.1, -0.05) is 13.0 Å². The minimum absolute atomic E-state index is 0.0856. The number of carbonyl (C=O) groups excluding carboxylic acids is 1. The highest BCUT2D eigenvalue weighted by atomic mass is 19.1. The summed E-state index contributed by atoms with van der Waals surface area (Å²) in [7, 11) is 0. The third-order valence-corrected chi connectivity index (χ3v) is 3.32. The fourth-order valence-electron chi connectivity index (χ4n) is 2.18. The van der Waals surface area contributed by atoms with E-state index in [4.69, 9.17) is 0 Å². The number of halogens is 2. The molecule has 0 radical (unpaired) electrons. The lowest BCUT2D eigenvalue weighted by atomic mass is 9.96. The minimum atomic E-state index is -0.848. The maximum Gasteiger partial charge on any atom is 0.259 e. The summed E-state index contributed by atoms with van der Waals surface area (Å²) in [6.45, 7) is 2.44. The van der Waals surface area contributed by atoms with Crippen LogP contribution in [0, 0.1) is 17.6 Å². The van der Waals surface area contributed by atoms with Crippen molar-refractivity contribution < 1.29 is 18.7 Å². The van der Waals surface area contributed by atoms with Crippen LogP contribution in [0.1, 0.15) is 23.7 Å². The second-order valence-corrected chi connectivity index (χ2v) is 4.68. The summed E-state index contributed by atoms with van der Waals surface area (Å²) in [5, 5.41) is 9.57. The van der Waals surface area contributed by atoms with Gasteiger partial charge in [0, 0.05) is 13.1 Å². The molecule has 1 aliphatic heterocycles. The van der Waals surface area contributed by atoms with Gasteiger partial charge in [0.2, 0.25) is 0 Å². The molecule has 0 aromatic heterocycles. The van der Waals surface area contributed by atoms with Gasteiger partial charge >= 0.3 is 0 Å². The van der Waals surface area contributed by atoms with Crippen molar-refractivity contribution in [3.05, 3.63) is 35.4 Å². The molecule has 1 amide bonds. The number of likely N-dealkylation sites (tertiary alicyclic amines) is 1. The van der Waals surface area contributed by atoms with Crippen LogP contribution in [0.15, 0.2) is 18.2 Å². The first-order chi connectivity index (χ1) is 8.50. The van der Waals surface area contributed by atoms with Crippen LogP contribution in [0.25, 0.3) is 0 Å². The number of aliphatic hydroxyl groups is 1. The van der Waals surface area contributed by atoms with Gasteiger partial charge in [0.25, 0.3) is 5.91 Å². The molecule has 1 fully saturated rings. The average molecular weight is 255 g/mol. The van der Waals surface area contributed by atoms with Gasteiger partial charge in [0.15, 0.2) is 0 Å². The fraction of sp³-hybridized carbons (Fsp3) is 0.462. The Hall–Kier alpha value is -1.49. The van der Waals surface area contributed by atoms with Gasteiger partial charge in [-0.25, -0.2) is 8.78 Å². The van der Waals surface area contributed by atoms with Crippen molar-refractivity contribution in [3.8, 4) is 0 Å². The SMILES string of the molecule is CC1CN(C(=O)c2c(F)cccc2F)CCC1O. The Bertz CT molecular complexity index is 444. The molecule has 3 nitrogen and oxygen atoms in total. The van der Waals surface area contributed by atoms with Crippen LogP contribution in [0.5, 0.6) is 0 Å². The Morgan fingerprint density at radius 1 is 1.39 bits per heavy atom. The van der Waals surface area contributed by atoms with Crippen LogP contribution < -0.4 is 0 Å². The number of piperidine rings is 1. The highest BCUT2D eigenvalue weighted by Gasteiger charge is 2.30. The summed E-state index contributed by atoms with van der Waals surface area (Å²) in [6.07, 6.45) is -0.0253. The maximum atomic E-state index is 13.5. The third-order valence-electron chi connectivity index (χ3n) is 3.32. The van der Waals surface area contributed by atoms with Gasteiger partial charge in [0.1, 0.15) is 17.2 Å². The molecule has 98 valence electrons. The van der Waals surface area contributed by atoms with Crippen molar-refractivity contribution in [1.29, 1.82) is 0 Å². The van der Waals surface area contributed by atoms with E-state index in [0.29, 0.717) is 19.5 Å². The van der Waals surface area contributed by atoms with E-state index in [0.717, 1.165) is 12.1 Å². The Balaban J connectivity index is 2.22. The van der Waals surface area contributed by atoms with Crippen molar-refractivity contribution >= 4 is 5.91 Å². The highest BCUT2D eigenvalue weighted by Crippen LogP contribution is 2.21. The molecule has 2 unspecified atom stereocenters. The van der Waals surface area contributed by atoms with Crippen LogP contribution in [-0.4, -0.2) is 35.1 Å². The summed E-state index contributed by atoms with van der Waals surface area (Å²) in [6, 6.07) is 3.36. The van der Waals surface area contributed by atoms with Gasteiger partial charge in [-0.2, -0.15) is 0 Å². The maximum absolute atomic E-state index is 13.5. The van der Waals surface area contributed by atoms with E-state index in [1.165, 1.54) is 11.0 Å². The standard InChI is InChI=1S/C13H15F2NO2/c1-8-7-16(6-5-11(8)17)13(18)12-9(14)3-2-4-10(12)15/h2-4,8,11,17H,5-7H2,1H3. The van der Waals surface area contributed by atoms with Gasteiger partial charge < -0.3 is 10.0 Å². The molecule has 0 aliphatic carbocycles. The third kappa shape index (κ3) is 2.36. The molecule has 2 atom stereocenters. The van der Waals surface area contributed by atoms with Crippen LogP contribution in [0.4, 0.5) is 8.78 Å². The van der Waals surface area contributed by atoms with E-state index >= 15 is 0 Å². The molecule has 18 heavy (non-hydrogen) atoms. The van der Waals surface area contributed by atoms with Gasteiger partial charge in [-0.3, -0.25) is 4.79 Å². The van der Waals surface area contributed by atoms with E-state index in [2.05, 4.69) is 0 Å². The van der Waals surface area contributed by atoms with Crippen LogP contribution in [0.3, 0.4) is 0 Å². The molecule has 1 saturated heterocycles. The zero-order chi connectivity index (χ0) is 13.3. The molecule has 1 N–H and O–H groups in total. The van der Waals surface area contributed by atoms with Gasteiger partial charge in [0.05, 0.1) is 6.10 Å². The minimum Gasteiger partial charge on any atom is -0.393 e. The number of hydrogen-bond acceptors (Lipinski definition) is 2. The molecule has 2 rings (SSSR count). The number of nitrogens with zero attached hydrogens (tertiary/aromatic N) is 1. The summed E-state index contributed by atoms with van der Waals surface area (Å²) in [4.78, 5) is 13.4. The highest BCUT2D eigenvalue weighted by molar-refractivity contribution is 5.94. The lowest BCUT2D eigenvalue weighted by Gasteiger charge is -2.34. The van der Waals surface area contributed by atoms with Crippen molar-refractivity contribution in [3.63, 3.8) is 0 Å². The zero-order valence-electron chi connectivity index (χ0n) is 10.1. The predicted molar refractivity (Wildman–Crippen MR) is 62.0 cm³/mol. The van der Waals surface area contributed by atoms with Crippen LogP contribution >= 0.6 is 0 Å². The fourth-order valence-corrected chi connectivity index (χ4v) is 2.18. The number of amides is 1. The van der Waals surface area contributed by atoms with Crippen molar-refractivity contribution in [1.82, 2.24) is 4.90 Å². The van der Waals surface area contributed by atoms with Crippen LogP contribution in [0.2, 0.25) is 0 Å². The van der Waals surface area contributed by atoms with Gasteiger partial charge in [-0.15, -0.1) is 0 Å². The van der Waals surface area contributed by atoms with E-state index in [9.17, 15) is 18.7 Å². The van der Waals surface area contributed by atoms with Crippen molar-refractivity contribution in [2.75, 3.05) is 13.1 Å². The van der Waals surface area contributed by atoms with E-state index in [-0.39, 0.29) is 5.92 Å². The lowest BCUT2D eigenvalue weighted by Crippen LogP contribution is -2.45. The second-order valence-electron chi connectivity index (χ2n) is 4.68. The monoisotopic (exact) mass is 255 g/mol. The molecule has 1 heterocycles. The molecule has 5 heteroatoms. The summed E-state index contributed by atoms with van der Waals surface area (Å²) >= 11 is 0. The molecule has 0 saturated carbocycles. The number of hydrogen-bond donors (Lipinski definition) is 1. The lowest BCUT2D eigenvalue weighted by molar-refractivity contribution is 0.0292. The molecule has 0 spiro atoms. The quantitative estimate of drug-likeness (QED) is 0.831. The molecule has 1 aromatic rings. The zero-order valence-corrected chi connectivity index (χ0v) is 10.1. The number of benzene rings is 1. The smallest absolute Gasteiger partial charge is 0.259 e. The topological polar surface area (TPSA) is 40.5 Å². The Morgan fingerprint density at radius 2 is 2.00 bits per heavy atom. The molecule has 0 bridgehead atoms. The van der Waals surface area contributed by atoms with E-state index in [1.54, 1.807) is 0 Å². The van der Waals surface area contributed by atoms with E-state index in [1.807, 2.05) is 6.92 Å². The molecular formula is C13H15F2NO2. The second kappa shape index (κ2) is 5.02. The summed E-state index contributed by atoms with van der Waals surface area (Å²) < 4.78 is 27.0. The first kappa shape index (κ1) is 13.0. The van der Waals surface area contributed by atoms with Crippen LogP contribution in [-0.2, 0) is 0 Å². The predicted octanol–water partition coefficient (Wildman–Crippen LogP) is 1.81. The summed E-state index contributed by atoms with van der Waals surface area (Å²) in [5.41, 5.74) is -0.513. The first-order valence-electron chi connectivity index (χ1n) is 5.92.